The van der Waals surface area contributed by atoms with E-state index in [9.17, 15) is 34.7 Å². The number of ether oxygens (including phenoxy) is 5. The van der Waals surface area contributed by atoms with Gasteiger partial charge in [0.1, 0.15) is 18.7 Å². The van der Waals surface area contributed by atoms with Crippen molar-refractivity contribution in [3.05, 3.63) is 71.6 Å². The first-order valence-electron chi connectivity index (χ1n) is 21.2. The minimum atomic E-state index is -1.03. The second-order valence-corrected chi connectivity index (χ2v) is 15.0. The summed E-state index contributed by atoms with van der Waals surface area (Å²) in [6, 6.07) is 11.6. The van der Waals surface area contributed by atoms with E-state index in [4.69, 9.17) is 30.1 Å². The molecule has 3 aromatic heterocycles. The molecule has 0 bridgehead atoms. The summed E-state index contributed by atoms with van der Waals surface area (Å²) in [5.41, 5.74) is 1.68. The number of carbonyl (C=O) groups is 4. The fourth-order valence-corrected chi connectivity index (χ4v) is 7.01. The van der Waals surface area contributed by atoms with Crippen LogP contribution in [0.15, 0.2) is 54.6 Å². The van der Waals surface area contributed by atoms with E-state index in [1.54, 1.807) is 0 Å². The maximum absolute atomic E-state index is 13.7. The van der Waals surface area contributed by atoms with Gasteiger partial charge >= 0.3 is 0 Å². The molecule has 1 aromatic carbocycles. The number of H-pyrrole nitrogens is 1. The van der Waals surface area contributed by atoms with Gasteiger partial charge in [0.15, 0.2) is 5.82 Å². The number of aromatic nitrogens is 5. The van der Waals surface area contributed by atoms with Crippen LogP contribution in [0.25, 0.3) is 22.3 Å². The van der Waals surface area contributed by atoms with Gasteiger partial charge in [-0.15, -0.1) is 11.5 Å². The molecule has 0 radical (unpaired) electrons. The third-order valence-electron chi connectivity index (χ3n) is 10.7. The Morgan fingerprint density at radius 2 is 1.62 bits per heavy atom. The summed E-state index contributed by atoms with van der Waals surface area (Å²) in [5, 5.41) is 40.2. The predicted molar refractivity (Wildman–Crippen MR) is 235 cm³/mol. The highest BCUT2D eigenvalue weighted by Gasteiger charge is 2.31. The number of ketones is 1. The van der Waals surface area contributed by atoms with Gasteiger partial charge in [0.25, 0.3) is 17.6 Å². The number of hydrogen-bond acceptors (Lipinski definition) is 15. The zero-order chi connectivity index (χ0) is 46.4. The monoisotopic (exact) mass is 897 g/mol. The Kier molecular flexibility index (Phi) is 19.6. The van der Waals surface area contributed by atoms with Crippen LogP contribution in [0.2, 0.25) is 0 Å². The van der Waals surface area contributed by atoms with Crippen LogP contribution in [0.4, 0.5) is 0 Å². The van der Waals surface area contributed by atoms with Gasteiger partial charge in [0.2, 0.25) is 11.7 Å². The highest BCUT2D eigenvalue weighted by atomic mass is 16.6. The van der Waals surface area contributed by atoms with Crippen LogP contribution in [0.1, 0.15) is 58.6 Å². The number of nitrogens with zero attached hydrogens (tertiary/aromatic N) is 6. The number of allylic oxidation sites excluding steroid dienone is 1. The highest BCUT2D eigenvalue weighted by Crippen LogP contribution is 2.33. The van der Waals surface area contributed by atoms with Gasteiger partial charge < -0.3 is 54.4 Å². The van der Waals surface area contributed by atoms with Crippen LogP contribution in [0.3, 0.4) is 0 Å². The fourth-order valence-electron chi connectivity index (χ4n) is 7.01. The number of amides is 3. The molecule has 4 heterocycles. The predicted octanol–water partition coefficient (Wildman–Crippen LogP) is 1.62. The molecule has 3 amide bonds. The molecule has 0 unspecified atom stereocenters. The Morgan fingerprint density at radius 1 is 0.938 bits per heavy atom. The van der Waals surface area contributed by atoms with Crippen LogP contribution >= 0.6 is 0 Å². The number of aromatic amines is 1. The van der Waals surface area contributed by atoms with Gasteiger partial charge in [-0.25, -0.2) is 9.97 Å². The van der Waals surface area contributed by atoms with Gasteiger partial charge in [0.05, 0.1) is 101 Å². The smallest absolute Gasteiger partial charge is 0.295 e. The number of fused-ring (bicyclic) bond motifs is 1. The zero-order valence-electron chi connectivity index (χ0n) is 36.4. The van der Waals surface area contributed by atoms with Gasteiger partial charge in [-0.3, -0.25) is 19.2 Å². The molecule has 0 atom stereocenters. The number of aliphatic hydroxyl groups is 2. The fraction of sp³-hybridized carbons (Fsp3) is 0.467. The van der Waals surface area contributed by atoms with Crippen molar-refractivity contribution in [2.75, 3.05) is 99.4 Å². The first-order valence-corrected chi connectivity index (χ1v) is 21.2. The number of hydrogen-bond donors (Lipinski definition) is 5. The number of pyridine rings is 1. The normalized spacial score (nSPS) is 12.7. The number of Topliss-reactive ketones (excluding diaryl/α,β-unsaturated/α-hetero) is 1. The molecule has 5 rings (SSSR count). The van der Waals surface area contributed by atoms with Crippen molar-refractivity contribution in [1.29, 1.82) is 5.26 Å². The van der Waals surface area contributed by atoms with E-state index in [0.29, 0.717) is 75.4 Å². The molecule has 346 valence electrons. The van der Waals surface area contributed by atoms with Crippen molar-refractivity contribution in [2.45, 2.75) is 32.1 Å². The van der Waals surface area contributed by atoms with Gasteiger partial charge in [-0.2, -0.15) is 9.94 Å². The summed E-state index contributed by atoms with van der Waals surface area (Å²) in [6.07, 6.45) is 10.8. The first kappa shape index (κ1) is 49.5. The van der Waals surface area contributed by atoms with Crippen molar-refractivity contribution in [3.63, 3.8) is 0 Å². The van der Waals surface area contributed by atoms with Gasteiger partial charge in [0, 0.05) is 44.2 Å². The van der Waals surface area contributed by atoms with E-state index in [2.05, 4.69) is 42.7 Å². The van der Waals surface area contributed by atoms with Crippen molar-refractivity contribution >= 4 is 40.0 Å². The maximum Gasteiger partial charge on any atom is 0.295 e. The summed E-state index contributed by atoms with van der Waals surface area (Å²) in [6.45, 7) is 2.54. The van der Waals surface area contributed by atoms with Crippen LogP contribution in [0.5, 0.6) is 5.75 Å². The molecule has 0 aliphatic carbocycles. The summed E-state index contributed by atoms with van der Waals surface area (Å²) in [7, 11) is 1.41. The van der Waals surface area contributed by atoms with Crippen molar-refractivity contribution in [3.8, 4) is 30.0 Å². The van der Waals surface area contributed by atoms with E-state index in [1.165, 1.54) is 35.4 Å². The Labute approximate surface area is 376 Å². The van der Waals surface area contributed by atoms with E-state index < -0.39 is 36.2 Å². The second kappa shape index (κ2) is 25.7. The van der Waals surface area contributed by atoms with Crippen molar-refractivity contribution in [1.82, 2.24) is 40.3 Å². The Bertz CT molecular complexity index is 2320. The highest BCUT2D eigenvalue weighted by molar-refractivity contribution is 6.45. The largest absolute Gasteiger partial charge is 0.494 e. The minimum Gasteiger partial charge on any atom is -0.494 e. The lowest BCUT2D eigenvalue weighted by Crippen LogP contribution is -2.43. The molecule has 65 heavy (non-hydrogen) atoms. The molecule has 5 N–H and O–H groups in total. The van der Waals surface area contributed by atoms with E-state index >= 15 is 0 Å². The van der Waals surface area contributed by atoms with E-state index in [0.717, 1.165) is 11.1 Å². The van der Waals surface area contributed by atoms with Crippen LogP contribution in [0, 0.1) is 29.1 Å². The van der Waals surface area contributed by atoms with Crippen molar-refractivity contribution in [2.24, 2.45) is 5.41 Å². The lowest BCUT2D eigenvalue weighted by atomic mass is 9.84. The zero-order valence-corrected chi connectivity index (χ0v) is 36.4. The molecule has 1 aliphatic heterocycles. The number of rotatable bonds is 27. The third kappa shape index (κ3) is 13.7. The second-order valence-electron chi connectivity index (χ2n) is 15.0. The Balaban J connectivity index is 1.07. The molecule has 20 nitrogen and oxygen atoms in total. The molecule has 1 aliphatic rings. The van der Waals surface area contributed by atoms with Crippen LogP contribution in [-0.2, 0) is 28.5 Å². The summed E-state index contributed by atoms with van der Waals surface area (Å²) in [5.74, 6) is 0.256. The number of methoxy groups -OCH3 is 1. The topological polar surface area (TPSA) is 265 Å². The number of carbonyl (C=O) groups excluding carboxylic acids is 4. The molecule has 0 saturated carbocycles. The van der Waals surface area contributed by atoms with Crippen molar-refractivity contribution < 1.29 is 53.1 Å². The number of likely N-dealkylation sites (tertiary alicyclic amines) is 1. The molecule has 1 saturated heterocycles. The summed E-state index contributed by atoms with van der Waals surface area (Å²) in [4.78, 5) is 65.9. The third-order valence-corrected chi connectivity index (χ3v) is 10.7. The maximum atomic E-state index is 13.7. The Hall–Kier alpha value is -6.52. The van der Waals surface area contributed by atoms with Gasteiger partial charge in [-0.1, -0.05) is 36.3 Å². The number of aliphatic hydroxyl groups excluding tert-OH is 2. The standard InChI is InChI=1S/C45H55N9O11/c1-3-17-62-19-21-64-23-24-65-22-20-63-18-12-37(57)50-28-45(29-55,30-56)13-7-14-47-43(59)41-51-31-54(52-41)42-39-38(36(61-2)27-49-42)35(26-48-39)40(58)44(60)53-15-10-33(11-16-53)34(25-46)32-8-5-4-6-9-32/h1,4-6,8-9,26-27,31,48,55-56H,7,10-24,28-30H2,2H3,(H,47,59)(H,50,57). The Morgan fingerprint density at radius 3 is 2.26 bits per heavy atom. The average molecular weight is 898 g/mol. The van der Waals surface area contributed by atoms with E-state index in [1.807, 2.05) is 30.3 Å². The molecule has 0 spiro atoms. The number of benzene rings is 1. The number of piperidine rings is 1. The SMILES string of the molecule is C#CCOCCOCCOCCOCCC(=O)NCC(CO)(CO)CCCNC(=O)c1ncn(-c2ncc(OC)c3c(C(=O)C(=O)N4CCC(=C(C#N)c5ccccc5)CC4)c[nH]c23)n1. The molecule has 20 heteroatoms. The molecular weight excluding hydrogens is 843 g/mol. The molecule has 4 aromatic rings. The first-order chi connectivity index (χ1) is 31.7. The number of terminal acetylenes is 1. The lowest BCUT2D eigenvalue weighted by Gasteiger charge is -2.30. The number of nitriles is 1. The molecular formula is C45H55N9O11. The van der Waals surface area contributed by atoms with Gasteiger partial charge in [-0.05, 0) is 36.8 Å². The lowest BCUT2D eigenvalue weighted by molar-refractivity contribution is -0.127. The van der Waals surface area contributed by atoms with E-state index in [-0.39, 0.29) is 81.1 Å². The van der Waals surface area contributed by atoms with Crippen LogP contribution in [-0.4, -0.2) is 163 Å². The molecule has 1 fully saturated rings. The number of nitrogens with one attached hydrogen (secondary N) is 3. The quantitative estimate of drug-likeness (QED) is 0.0187. The summed E-state index contributed by atoms with van der Waals surface area (Å²) >= 11 is 0. The summed E-state index contributed by atoms with van der Waals surface area (Å²) < 4.78 is 28.1. The van der Waals surface area contributed by atoms with Crippen LogP contribution < -0.4 is 15.4 Å². The minimum absolute atomic E-state index is 0.00909. The average Bonchev–Trinajstić information content (AvgIpc) is 4.02.